The number of aromatic nitrogens is 4. The van der Waals surface area contributed by atoms with Crippen molar-refractivity contribution in [1.82, 2.24) is 18.3 Å². The normalized spacial score (nSPS) is 13.6. The van der Waals surface area contributed by atoms with E-state index in [9.17, 15) is 44.4 Å². The number of hydrogen-bond donors (Lipinski definition) is 4. The molecule has 0 unspecified atom stereocenters. The summed E-state index contributed by atoms with van der Waals surface area (Å²) in [5.74, 6) is -1.36. The highest BCUT2D eigenvalue weighted by Crippen LogP contribution is 2.32. The molecule has 0 radical (unpaired) electrons. The average Bonchev–Trinajstić information content (AvgIpc) is 1.65. The van der Waals surface area contributed by atoms with E-state index in [0.717, 1.165) is 99.2 Å². The molecule has 0 saturated heterocycles. The minimum Gasteiger partial charge on any atom is -0.380 e. The van der Waals surface area contributed by atoms with Crippen LogP contribution >= 0.6 is 0 Å². The van der Waals surface area contributed by atoms with Gasteiger partial charge in [0, 0.05) is 79.0 Å². The molecule has 4 aromatic heterocycles. The zero-order chi connectivity index (χ0) is 87.3. The molecule has 0 aliphatic carbocycles. The summed E-state index contributed by atoms with van der Waals surface area (Å²) in [4.78, 5) is 82.4. The Morgan fingerprint density at radius 3 is 0.733 bits per heavy atom. The van der Waals surface area contributed by atoms with Gasteiger partial charge in [0.15, 0.2) is 57.4 Å². The molecule has 13 aromatic rings. The van der Waals surface area contributed by atoms with E-state index in [1.807, 2.05) is 202 Å². The number of hydrogen-bond acceptors (Lipinski definition) is 10. The second kappa shape index (κ2) is 37.6. The highest BCUT2D eigenvalue weighted by Gasteiger charge is 2.41. The molecule has 610 valence electrons. The first-order chi connectivity index (χ1) is 56.7. The molecule has 19 nitrogen and oxygen atoms in total. The first-order valence-corrected chi connectivity index (χ1v) is 39.5. The van der Waals surface area contributed by atoms with Crippen molar-refractivity contribution >= 4 is 101 Å². The Labute approximate surface area is 702 Å². The van der Waals surface area contributed by atoms with Crippen LogP contribution < -0.4 is 0 Å². The van der Waals surface area contributed by atoms with Crippen LogP contribution in [0.2, 0.25) is 0 Å². The Balaban J connectivity index is 0.000000172. The van der Waals surface area contributed by atoms with Gasteiger partial charge in [-0.05, 0) is 247 Å². The minimum atomic E-state index is -1.85. The molecule has 120 heavy (non-hydrogen) atoms. The van der Waals surface area contributed by atoms with Gasteiger partial charge in [0.25, 0.3) is 0 Å². The largest absolute Gasteiger partial charge is 0.380 e. The van der Waals surface area contributed by atoms with E-state index >= 15 is 0 Å². The lowest BCUT2D eigenvalue weighted by molar-refractivity contribution is -0.162. The quantitative estimate of drug-likeness (QED) is 0.0376. The van der Waals surface area contributed by atoms with Crippen molar-refractivity contribution in [3.63, 3.8) is 0 Å². The maximum Gasteiger partial charge on any atom is 0.190 e. The van der Waals surface area contributed by atoms with Gasteiger partial charge in [-0.1, -0.05) is 138 Å². The van der Waals surface area contributed by atoms with Crippen LogP contribution in [0.1, 0.15) is 113 Å². The number of aryl methyl sites for hydroxylation is 9. The first kappa shape index (κ1) is 89.1. The Morgan fingerprint density at radius 1 is 0.292 bits per heavy atom. The van der Waals surface area contributed by atoms with Gasteiger partial charge in [-0.25, -0.2) is 24.2 Å². The number of Topliss-reactive ketones (excluding diaryl/α,β-unsaturated/α-hetero) is 5. The van der Waals surface area contributed by atoms with E-state index in [2.05, 4.69) is 48.5 Å². The van der Waals surface area contributed by atoms with Gasteiger partial charge in [0.2, 0.25) is 0 Å². The Bertz CT molecular complexity index is 5920. The van der Waals surface area contributed by atoms with Gasteiger partial charge in [-0.2, -0.15) is 0 Å². The predicted octanol–water partition coefficient (Wildman–Crippen LogP) is 19.9. The monoisotopic (exact) mass is 1600 g/mol. The summed E-state index contributed by atoms with van der Waals surface area (Å²) in [6.45, 7) is 61.4. The van der Waals surface area contributed by atoms with Gasteiger partial charge in [-0.15, -0.1) is 0 Å². The molecule has 19 heteroatoms. The van der Waals surface area contributed by atoms with Crippen LogP contribution in [-0.4, -0.2) is 102 Å². The van der Waals surface area contributed by atoms with Crippen molar-refractivity contribution in [1.29, 1.82) is 0 Å². The number of aliphatic hydroxyl groups is 4. The first-order valence-electron chi connectivity index (χ1n) is 39.5. The molecule has 0 aliphatic heterocycles. The average molecular weight is 1600 g/mol. The molecule has 5 atom stereocenters. The van der Waals surface area contributed by atoms with E-state index in [-0.39, 0.29) is 88.0 Å². The fraction of sp³-hybridized carbons (Fsp3) is 0.287. The molecule has 0 bridgehead atoms. The van der Waals surface area contributed by atoms with Crippen LogP contribution in [-0.2, 0) is 87.0 Å². The predicted molar refractivity (Wildman–Crippen MR) is 474 cm³/mol. The van der Waals surface area contributed by atoms with E-state index in [1.54, 1.807) is 94.4 Å². The van der Waals surface area contributed by atoms with Crippen LogP contribution in [0.3, 0.4) is 0 Å². The summed E-state index contributed by atoms with van der Waals surface area (Å²) in [6.07, 6.45) is 8.08. The summed E-state index contributed by atoms with van der Waals surface area (Å²) >= 11 is 0. The third kappa shape index (κ3) is 21.9. The standard InChI is InChI=1S/C35H35N3O4.3C22H22N2O2/c1-23-8-13-31-28(16-23)14-15-38(31)21-35(5,33(40)20-27-10-12-30(37-7)25(3)18-27)42-22-34(4,41)32(39)19-26-9-11-29(36-6)24(2)17-26;3*1-15-5-8-20-18(11-15)9-10-24(20)14-22(3,26)21(25)13-17-6-7-19(23-4)16(2)12-17/h8-18,41H,19-22H2,1-5H3;3*5-12,26H,13-14H2,1-3H3/t34-,35-;3*22-/m0000/s1. The highest BCUT2D eigenvalue weighted by atomic mass is 16.5. The van der Waals surface area contributed by atoms with Crippen molar-refractivity contribution < 1.29 is 49.1 Å². The number of carbonyl (C=O) groups excluding carboxylic acids is 5. The maximum absolute atomic E-state index is 13.9. The fourth-order valence-corrected chi connectivity index (χ4v) is 14.6. The van der Waals surface area contributed by atoms with Gasteiger partial charge >= 0.3 is 0 Å². The molecule has 0 amide bonds. The van der Waals surface area contributed by atoms with Crippen LogP contribution in [0, 0.1) is 95.2 Å². The van der Waals surface area contributed by atoms with Crippen molar-refractivity contribution in [2.75, 3.05) is 6.61 Å². The fourth-order valence-electron chi connectivity index (χ4n) is 14.6. The van der Waals surface area contributed by atoms with Gasteiger partial charge < -0.3 is 43.4 Å². The van der Waals surface area contributed by atoms with Crippen molar-refractivity contribution in [2.24, 2.45) is 0 Å². The van der Waals surface area contributed by atoms with Crippen molar-refractivity contribution in [3.8, 4) is 0 Å². The lowest BCUT2D eigenvalue weighted by Gasteiger charge is -2.33. The molecule has 4 heterocycles. The molecular weight excluding hydrogens is 1500 g/mol. The van der Waals surface area contributed by atoms with E-state index < -0.39 is 33.8 Å². The molecule has 0 fully saturated rings. The maximum atomic E-state index is 13.9. The Hall–Kier alpha value is -13.3. The Kier molecular flexibility index (Phi) is 27.9. The molecule has 9 aromatic carbocycles. The summed E-state index contributed by atoms with van der Waals surface area (Å²) in [7, 11) is 0. The number of carbonyl (C=O) groups is 5. The van der Waals surface area contributed by atoms with Gasteiger partial charge in [-0.3, -0.25) is 24.0 Å². The number of nitrogens with zero attached hydrogens (tertiary/aromatic N) is 9. The number of fused-ring (bicyclic) bond motifs is 4. The smallest absolute Gasteiger partial charge is 0.190 e. The van der Waals surface area contributed by atoms with Crippen molar-refractivity contribution in [2.45, 2.75) is 183 Å². The summed E-state index contributed by atoms with van der Waals surface area (Å²) in [6, 6.07) is 58.9. The lowest BCUT2D eigenvalue weighted by Crippen LogP contribution is -2.49. The summed E-state index contributed by atoms with van der Waals surface area (Å²) in [5.41, 5.74) is 11.8. The summed E-state index contributed by atoms with van der Waals surface area (Å²) < 4.78 is 13.9. The molecule has 4 N–H and O–H groups in total. The molecule has 0 saturated carbocycles. The van der Waals surface area contributed by atoms with Gasteiger partial charge in [0.05, 0.1) is 65.6 Å². The zero-order valence-electron chi connectivity index (χ0n) is 70.5. The number of rotatable bonds is 26. The topological polar surface area (TPSA) is 217 Å². The molecule has 13 rings (SSSR count). The third-order valence-electron chi connectivity index (χ3n) is 22.0. The van der Waals surface area contributed by atoms with Crippen LogP contribution in [0.5, 0.6) is 0 Å². The highest BCUT2D eigenvalue weighted by molar-refractivity contribution is 5.93. The second-order valence-electron chi connectivity index (χ2n) is 32.8. The van der Waals surface area contributed by atoms with Crippen molar-refractivity contribution in [3.05, 3.63) is 348 Å². The second-order valence-corrected chi connectivity index (χ2v) is 32.8. The van der Waals surface area contributed by atoms with Crippen LogP contribution in [0.4, 0.5) is 28.4 Å². The minimum absolute atomic E-state index is 0.0333. The summed E-state index contributed by atoms with van der Waals surface area (Å²) in [5, 5.41) is 47.9. The van der Waals surface area contributed by atoms with Crippen LogP contribution in [0.25, 0.3) is 67.8 Å². The number of benzene rings is 9. The zero-order valence-corrected chi connectivity index (χ0v) is 70.5. The van der Waals surface area contributed by atoms with E-state index in [0.29, 0.717) is 34.0 Å². The van der Waals surface area contributed by atoms with E-state index in [1.165, 1.54) is 23.6 Å². The number of ketones is 5. The number of ether oxygens (including phenoxy) is 1. The van der Waals surface area contributed by atoms with Crippen LogP contribution in [0.15, 0.2) is 213 Å². The SMILES string of the molecule is [C-]#[N+]c1ccc(CC(=O)[C@@](C)(O)CO[C@@](C)(Cn2ccc3cc(C)ccc32)C(=O)Cc2ccc([N+]#[C-])c(C)c2)cc1C.[C-]#[N+]c1ccc(CC(=O)[C@@](C)(O)Cn2ccc3cc(C)ccc32)cc1C.[C-]#[N+]c1ccc(CC(=O)[C@@](C)(O)Cn2ccc3cc(C)ccc32)cc1C.[C-]#[N+]c1ccc(CC(=O)[C@@](C)(O)Cn2ccc3cc(C)ccc32)cc1C. The van der Waals surface area contributed by atoms with Gasteiger partial charge in [0.1, 0.15) is 28.0 Å². The molecule has 0 spiro atoms. The lowest BCUT2D eigenvalue weighted by atomic mass is 9.92. The third-order valence-corrected chi connectivity index (χ3v) is 22.0. The Morgan fingerprint density at radius 2 is 0.508 bits per heavy atom. The molecular formula is C101H101N9O10. The van der Waals surface area contributed by atoms with E-state index in [4.69, 9.17) is 37.6 Å². The molecule has 0 aliphatic rings.